The molecule has 0 spiro atoms. The highest BCUT2D eigenvalue weighted by Gasteiger charge is 2.28. The fourth-order valence-corrected chi connectivity index (χ4v) is 1.72. The molecule has 1 unspecified atom stereocenters. The lowest BCUT2D eigenvalue weighted by Crippen LogP contribution is -2.49. The molecule has 0 saturated carbocycles. The van der Waals surface area contributed by atoms with Crippen LogP contribution < -0.4 is 0 Å². The van der Waals surface area contributed by atoms with Crippen LogP contribution in [0.2, 0.25) is 0 Å². The Morgan fingerprint density at radius 2 is 2.31 bits per heavy atom. The van der Waals surface area contributed by atoms with Crippen LogP contribution in [-0.2, 0) is 14.3 Å². The molecular weight excluding hydrogens is 210 g/mol. The number of morpholine rings is 1. The quantitative estimate of drug-likeness (QED) is 0.700. The van der Waals surface area contributed by atoms with Crippen molar-refractivity contribution in [3.05, 3.63) is 12.7 Å². The van der Waals surface area contributed by atoms with Crippen molar-refractivity contribution < 1.29 is 19.4 Å². The number of rotatable bonds is 5. The Kier molecular flexibility index (Phi) is 4.98. The van der Waals surface area contributed by atoms with Gasteiger partial charge in [0.25, 0.3) is 0 Å². The lowest BCUT2D eigenvalue weighted by molar-refractivity contribution is -0.146. The van der Waals surface area contributed by atoms with Crippen molar-refractivity contribution in [1.29, 1.82) is 0 Å². The molecule has 5 nitrogen and oxygen atoms in total. The second kappa shape index (κ2) is 6.27. The van der Waals surface area contributed by atoms with Gasteiger partial charge in [-0.2, -0.15) is 0 Å². The summed E-state index contributed by atoms with van der Waals surface area (Å²) in [5.41, 5.74) is 0. The van der Waals surface area contributed by atoms with E-state index in [0.717, 1.165) is 0 Å². The van der Waals surface area contributed by atoms with Crippen LogP contribution >= 0.6 is 0 Å². The van der Waals surface area contributed by atoms with Crippen LogP contribution in [0.5, 0.6) is 0 Å². The fourth-order valence-electron chi connectivity index (χ4n) is 1.72. The van der Waals surface area contributed by atoms with Crippen molar-refractivity contribution in [2.45, 2.75) is 25.3 Å². The van der Waals surface area contributed by atoms with E-state index < -0.39 is 5.97 Å². The van der Waals surface area contributed by atoms with E-state index in [4.69, 9.17) is 9.84 Å². The van der Waals surface area contributed by atoms with Crippen LogP contribution in [0.15, 0.2) is 12.7 Å². The molecule has 1 heterocycles. The minimum Gasteiger partial charge on any atom is -0.481 e. The predicted molar refractivity (Wildman–Crippen MR) is 58.0 cm³/mol. The maximum absolute atomic E-state index is 11.8. The molecule has 1 fully saturated rings. The molecule has 90 valence electrons. The van der Waals surface area contributed by atoms with Crippen LogP contribution in [-0.4, -0.2) is 47.7 Å². The zero-order chi connectivity index (χ0) is 12.0. The number of carboxylic acids is 1. The second-order valence-corrected chi connectivity index (χ2v) is 3.74. The Labute approximate surface area is 94.7 Å². The molecule has 1 aliphatic rings. The van der Waals surface area contributed by atoms with Crippen molar-refractivity contribution >= 4 is 11.9 Å². The van der Waals surface area contributed by atoms with Gasteiger partial charge < -0.3 is 14.7 Å². The molecule has 1 atom stereocenters. The molecule has 1 rings (SSSR count). The highest BCUT2D eigenvalue weighted by molar-refractivity contribution is 5.78. The number of hydrogen-bond donors (Lipinski definition) is 1. The van der Waals surface area contributed by atoms with Crippen molar-refractivity contribution in [3.63, 3.8) is 0 Å². The van der Waals surface area contributed by atoms with E-state index in [-0.39, 0.29) is 18.4 Å². The summed E-state index contributed by atoms with van der Waals surface area (Å²) < 4.78 is 5.19. The number of ether oxygens (including phenoxy) is 1. The number of carbonyl (C=O) groups excluding carboxylic acids is 1. The van der Waals surface area contributed by atoms with Crippen LogP contribution in [0.3, 0.4) is 0 Å². The maximum atomic E-state index is 11.8. The summed E-state index contributed by atoms with van der Waals surface area (Å²) in [6.07, 6.45) is 2.64. The summed E-state index contributed by atoms with van der Waals surface area (Å²) in [6, 6.07) is -0.330. The summed E-state index contributed by atoms with van der Waals surface area (Å²) in [5.74, 6) is -0.925. The Balaban J connectivity index is 2.54. The van der Waals surface area contributed by atoms with Gasteiger partial charge >= 0.3 is 5.97 Å². The van der Waals surface area contributed by atoms with Gasteiger partial charge in [-0.1, -0.05) is 6.08 Å². The van der Waals surface area contributed by atoms with Crippen molar-refractivity contribution in [1.82, 2.24) is 4.90 Å². The number of allylic oxidation sites excluding steroid dienone is 1. The molecule has 0 aliphatic carbocycles. The molecule has 0 radical (unpaired) electrons. The average molecular weight is 227 g/mol. The van der Waals surface area contributed by atoms with E-state index in [0.29, 0.717) is 32.6 Å². The molecule has 1 N–H and O–H groups in total. The molecule has 1 amide bonds. The van der Waals surface area contributed by atoms with Gasteiger partial charge in [-0.05, 0) is 6.42 Å². The first-order valence-electron chi connectivity index (χ1n) is 5.35. The van der Waals surface area contributed by atoms with Crippen LogP contribution in [0.1, 0.15) is 19.3 Å². The van der Waals surface area contributed by atoms with Gasteiger partial charge in [-0.3, -0.25) is 9.59 Å². The molecule has 5 heteroatoms. The Morgan fingerprint density at radius 1 is 1.56 bits per heavy atom. The number of amides is 1. The van der Waals surface area contributed by atoms with Gasteiger partial charge in [0.2, 0.25) is 5.91 Å². The molecule has 0 aromatic rings. The molecule has 0 aromatic carbocycles. The number of nitrogens with zero attached hydrogens (tertiary/aromatic N) is 1. The van der Waals surface area contributed by atoms with E-state index in [9.17, 15) is 9.59 Å². The van der Waals surface area contributed by atoms with Crippen LogP contribution in [0.4, 0.5) is 0 Å². The molecular formula is C11H17NO4. The highest BCUT2D eigenvalue weighted by Crippen LogP contribution is 2.13. The maximum Gasteiger partial charge on any atom is 0.305 e. The lowest BCUT2D eigenvalue weighted by Gasteiger charge is -2.34. The van der Waals surface area contributed by atoms with Gasteiger partial charge in [0.05, 0.1) is 25.7 Å². The zero-order valence-electron chi connectivity index (χ0n) is 9.22. The molecule has 1 aliphatic heterocycles. The van der Waals surface area contributed by atoms with Gasteiger partial charge in [0.15, 0.2) is 0 Å². The largest absolute Gasteiger partial charge is 0.481 e. The smallest absolute Gasteiger partial charge is 0.305 e. The summed E-state index contributed by atoms with van der Waals surface area (Å²) in [7, 11) is 0. The molecule has 16 heavy (non-hydrogen) atoms. The van der Waals surface area contributed by atoms with E-state index >= 15 is 0 Å². The average Bonchev–Trinajstić information content (AvgIpc) is 2.26. The Hall–Kier alpha value is -1.36. The topological polar surface area (TPSA) is 66.8 Å². The monoisotopic (exact) mass is 227 g/mol. The van der Waals surface area contributed by atoms with Crippen molar-refractivity contribution in [3.8, 4) is 0 Å². The Morgan fingerprint density at radius 3 is 2.94 bits per heavy atom. The first-order chi connectivity index (χ1) is 7.65. The standard InChI is InChI=1S/C11H17NO4/c1-2-3-4-10(13)12-5-6-16-8-9(12)7-11(14)15/h2,9H,1,3-8H2,(H,14,15). The van der Waals surface area contributed by atoms with E-state index in [1.807, 2.05) is 0 Å². The third kappa shape index (κ3) is 3.66. The third-order valence-corrected chi connectivity index (χ3v) is 2.52. The van der Waals surface area contributed by atoms with E-state index in [2.05, 4.69) is 6.58 Å². The van der Waals surface area contributed by atoms with Crippen LogP contribution in [0, 0.1) is 0 Å². The minimum atomic E-state index is -0.906. The summed E-state index contributed by atoms with van der Waals surface area (Å²) >= 11 is 0. The van der Waals surface area contributed by atoms with Gasteiger partial charge in [-0.25, -0.2) is 0 Å². The minimum absolute atomic E-state index is 0.0190. The number of carboxylic acid groups (broad SMARTS) is 1. The zero-order valence-corrected chi connectivity index (χ0v) is 9.22. The van der Waals surface area contributed by atoms with Gasteiger partial charge in [0, 0.05) is 13.0 Å². The first-order valence-corrected chi connectivity index (χ1v) is 5.35. The predicted octanol–water partition coefficient (Wildman–Crippen LogP) is 0.655. The Bertz CT molecular complexity index is 277. The first kappa shape index (κ1) is 12.7. The SMILES string of the molecule is C=CCCC(=O)N1CCOCC1CC(=O)O. The van der Waals surface area contributed by atoms with E-state index in [1.54, 1.807) is 11.0 Å². The van der Waals surface area contributed by atoms with Crippen LogP contribution in [0.25, 0.3) is 0 Å². The number of hydrogen-bond acceptors (Lipinski definition) is 3. The van der Waals surface area contributed by atoms with Crippen molar-refractivity contribution in [2.24, 2.45) is 0 Å². The second-order valence-electron chi connectivity index (χ2n) is 3.74. The summed E-state index contributed by atoms with van der Waals surface area (Å²) in [6.45, 7) is 4.83. The normalized spacial score (nSPS) is 20.5. The highest BCUT2D eigenvalue weighted by atomic mass is 16.5. The molecule has 1 saturated heterocycles. The van der Waals surface area contributed by atoms with Gasteiger partial charge in [-0.15, -0.1) is 6.58 Å². The molecule has 0 aromatic heterocycles. The number of carbonyl (C=O) groups is 2. The third-order valence-electron chi connectivity index (χ3n) is 2.52. The number of aliphatic carboxylic acids is 1. The van der Waals surface area contributed by atoms with E-state index in [1.165, 1.54) is 0 Å². The fraction of sp³-hybridized carbons (Fsp3) is 0.636. The summed E-state index contributed by atoms with van der Waals surface area (Å²) in [5, 5.41) is 8.73. The van der Waals surface area contributed by atoms with Gasteiger partial charge in [0.1, 0.15) is 0 Å². The lowest BCUT2D eigenvalue weighted by atomic mass is 10.1. The van der Waals surface area contributed by atoms with Crippen molar-refractivity contribution in [2.75, 3.05) is 19.8 Å². The summed E-state index contributed by atoms with van der Waals surface area (Å²) in [4.78, 5) is 24.0. The molecule has 0 bridgehead atoms.